The fraction of sp³-hybridized carbons (Fsp3) is 0.300. The van der Waals surface area contributed by atoms with Gasteiger partial charge in [-0.1, -0.05) is 17.7 Å². The minimum Gasteiger partial charge on any atom is -0.493 e. The molecule has 0 fully saturated rings. The van der Waals surface area contributed by atoms with Gasteiger partial charge in [0.25, 0.3) is 0 Å². The van der Waals surface area contributed by atoms with Crippen LogP contribution in [-0.4, -0.2) is 25.6 Å². The van der Waals surface area contributed by atoms with E-state index in [1.54, 1.807) is 6.07 Å². The molecule has 1 aromatic rings. The van der Waals surface area contributed by atoms with E-state index >= 15 is 0 Å². The summed E-state index contributed by atoms with van der Waals surface area (Å²) in [6.07, 6.45) is -4.68. The summed E-state index contributed by atoms with van der Waals surface area (Å²) in [6.45, 7) is 0. The van der Waals surface area contributed by atoms with E-state index in [1.165, 1.54) is 26.4 Å². The SMILES string of the molecule is COc1cccc(N=C(Cl)C(F)(F)F)c1OC. The van der Waals surface area contributed by atoms with Gasteiger partial charge in [0.05, 0.1) is 14.2 Å². The Morgan fingerprint density at radius 1 is 1.24 bits per heavy atom. The van der Waals surface area contributed by atoms with Crippen molar-refractivity contribution < 1.29 is 22.6 Å². The Morgan fingerprint density at radius 2 is 1.88 bits per heavy atom. The molecule has 0 amide bonds. The lowest BCUT2D eigenvalue weighted by atomic mass is 10.2. The summed E-state index contributed by atoms with van der Waals surface area (Å²) in [5.41, 5.74) is -0.0471. The van der Waals surface area contributed by atoms with E-state index in [0.29, 0.717) is 0 Å². The highest BCUT2D eigenvalue weighted by atomic mass is 35.5. The third-order valence-electron chi connectivity index (χ3n) is 1.83. The number of alkyl halides is 3. The van der Waals surface area contributed by atoms with Gasteiger partial charge in [0.2, 0.25) is 5.17 Å². The van der Waals surface area contributed by atoms with Crippen LogP contribution in [0, 0.1) is 0 Å². The number of aliphatic imine (C=N–C) groups is 1. The number of nitrogens with zero attached hydrogens (tertiary/aromatic N) is 1. The lowest BCUT2D eigenvalue weighted by molar-refractivity contribution is -0.0558. The normalized spacial score (nSPS) is 12.5. The number of benzene rings is 1. The van der Waals surface area contributed by atoms with Crippen LogP contribution in [0.4, 0.5) is 18.9 Å². The van der Waals surface area contributed by atoms with Gasteiger partial charge >= 0.3 is 6.18 Å². The van der Waals surface area contributed by atoms with Crippen LogP contribution in [0.2, 0.25) is 0 Å². The summed E-state index contributed by atoms with van der Waals surface area (Å²) < 4.78 is 46.5. The van der Waals surface area contributed by atoms with Crippen LogP contribution in [0.3, 0.4) is 0 Å². The highest BCUT2D eigenvalue weighted by Gasteiger charge is 2.34. The number of ether oxygens (including phenoxy) is 2. The van der Waals surface area contributed by atoms with Gasteiger partial charge in [-0.15, -0.1) is 0 Å². The first-order chi connectivity index (χ1) is 7.90. The van der Waals surface area contributed by atoms with Crippen LogP contribution in [0.25, 0.3) is 0 Å². The number of rotatable bonds is 3. The molecule has 0 saturated carbocycles. The van der Waals surface area contributed by atoms with E-state index in [-0.39, 0.29) is 17.2 Å². The molecular weight excluding hydrogens is 259 g/mol. The van der Waals surface area contributed by atoms with Crippen molar-refractivity contribution in [3.8, 4) is 11.5 Å². The van der Waals surface area contributed by atoms with Crippen LogP contribution >= 0.6 is 11.6 Å². The van der Waals surface area contributed by atoms with Gasteiger partial charge in [-0.05, 0) is 12.1 Å². The van der Waals surface area contributed by atoms with Crippen LogP contribution in [0.15, 0.2) is 23.2 Å². The van der Waals surface area contributed by atoms with E-state index in [0.717, 1.165) is 0 Å². The first-order valence-corrected chi connectivity index (χ1v) is 4.80. The van der Waals surface area contributed by atoms with Crippen molar-refractivity contribution in [2.24, 2.45) is 4.99 Å². The molecular formula is C10H9ClF3NO2. The molecule has 1 rings (SSSR count). The zero-order valence-corrected chi connectivity index (χ0v) is 9.76. The van der Waals surface area contributed by atoms with E-state index < -0.39 is 11.3 Å². The Balaban J connectivity index is 3.24. The maximum Gasteiger partial charge on any atom is 0.444 e. The van der Waals surface area contributed by atoms with E-state index in [4.69, 9.17) is 21.1 Å². The third-order valence-corrected chi connectivity index (χ3v) is 2.13. The predicted octanol–water partition coefficient (Wildman–Crippen LogP) is 3.53. The molecule has 0 aliphatic heterocycles. The standard InChI is InChI=1S/C10H9ClF3NO2/c1-16-7-5-3-4-6(8(7)17-2)15-9(11)10(12,13)14/h3-5H,1-2H3. The van der Waals surface area contributed by atoms with Gasteiger partial charge in [-0.25, -0.2) is 4.99 Å². The summed E-state index contributed by atoms with van der Waals surface area (Å²) >= 11 is 5.04. The Morgan fingerprint density at radius 3 is 2.35 bits per heavy atom. The zero-order chi connectivity index (χ0) is 13.1. The molecule has 0 spiro atoms. The molecule has 0 saturated heterocycles. The second-order valence-electron chi connectivity index (χ2n) is 2.91. The van der Waals surface area contributed by atoms with Crippen molar-refractivity contribution >= 4 is 22.5 Å². The summed E-state index contributed by atoms with van der Waals surface area (Å²) in [5.74, 6) is 0.373. The number of para-hydroxylation sites is 1. The number of methoxy groups -OCH3 is 2. The molecule has 0 N–H and O–H groups in total. The Hall–Kier alpha value is -1.43. The summed E-state index contributed by atoms with van der Waals surface area (Å²) in [4.78, 5) is 3.26. The highest BCUT2D eigenvalue weighted by Crippen LogP contribution is 2.38. The molecule has 3 nitrogen and oxygen atoms in total. The van der Waals surface area contributed by atoms with Crippen molar-refractivity contribution in [1.29, 1.82) is 0 Å². The van der Waals surface area contributed by atoms with Gasteiger partial charge in [0.15, 0.2) is 11.5 Å². The number of hydrogen-bond donors (Lipinski definition) is 0. The fourth-order valence-corrected chi connectivity index (χ4v) is 1.22. The molecule has 0 aromatic heterocycles. The van der Waals surface area contributed by atoms with Gasteiger partial charge in [-0.2, -0.15) is 13.2 Å². The van der Waals surface area contributed by atoms with Crippen molar-refractivity contribution in [3.05, 3.63) is 18.2 Å². The average Bonchev–Trinajstić information content (AvgIpc) is 2.27. The minimum atomic E-state index is -4.68. The largest absolute Gasteiger partial charge is 0.493 e. The zero-order valence-electron chi connectivity index (χ0n) is 9.01. The van der Waals surface area contributed by atoms with Crippen LogP contribution < -0.4 is 9.47 Å². The molecule has 7 heteroatoms. The fourth-order valence-electron chi connectivity index (χ4n) is 1.13. The smallest absolute Gasteiger partial charge is 0.444 e. The second kappa shape index (κ2) is 5.27. The highest BCUT2D eigenvalue weighted by molar-refractivity contribution is 6.67. The first kappa shape index (κ1) is 13.6. The Kier molecular flexibility index (Phi) is 4.22. The van der Waals surface area contributed by atoms with E-state index in [9.17, 15) is 13.2 Å². The molecule has 0 unspecified atom stereocenters. The number of hydrogen-bond acceptors (Lipinski definition) is 3. The average molecular weight is 268 g/mol. The van der Waals surface area contributed by atoms with Gasteiger partial charge in [0, 0.05) is 0 Å². The van der Waals surface area contributed by atoms with E-state index in [1.807, 2.05) is 0 Å². The van der Waals surface area contributed by atoms with Crippen LogP contribution in [0.5, 0.6) is 11.5 Å². The van der Waals surface area contributed by atoms with Gasteiger partial charge < -0.3 is 9.47 Å². The van der Waals surface area contributed by atoms with Crippen molar-refractivity contribution in [2.75, 3.05) is 14.2 Å². The minimum absolute atomic E-state index is 0.0471. The predicted molar refractivity (Wildman–Crippen MR) is 58.5 cm³/mol. The first-order valence-electron chi connectivity index (χ1n) is 4.42. The topological polar surface area (TPSA) is 30.8 Å². The summed E-state index contributed by atoms with van der Waals surface area (Å²) in [7, 11) is 2.68. The summed E-state index contributed by atoms with van der Waals surface area (Å²) in [5, 5.41) is -1.47. The molecule has 0 bridgehead atoms. The maximum atomic E-state index is 12.2. The monoisotopic (exact) mass is 267 g/mol. The van der Waals surface area contributed by atoms with Crippen molar-refractivity contribution in [2.45, 2.75) is 6.18 Å². The summed E-state index contributed by atoms with van der Waals surface area (Å²) in [6, 6.07) is 4.37. The molecule has 17 heavy (non-hydrogen) atoms. The maximum absolute atomic E-state index is 12.2. The van der Waals surface area contributed by atoms with Gasteiger partial charge in [-0.3, -0.25) is 0 Å². The third kappa shape index (κ3) is 3.26. The van der Waals surface area contributed by atoms with Crippen molar-refractivity contribution in [3.63, 3.8) is 0 Å². The van der Waals surface area contributed by atoms with Crippen LogP contribution in [-0.2, 0) is 0 Å². The molecule has 0 aliphatic carbocycles. The lowest BCUT2D eigenvalue weighted by Gasteiger charge is -2.10. The quantitative estimate of drug-likeness (QED) is 0.785. The molecule has 0 radical (unpaired) electrons. The molecule has 0 aliphatic rings. The van der Waals surface area contributed by atoms with Crippen LogP contribution in [0.1, 0.15) is 0 Å². The van der Waals surface area contributed by atoms with Crippen molar-refractivity contribution in [1.82, 2.24) is 0 Å². The lowest BCUT2D eigenvalue weighted by Crippen LogP contribution is -2.16. The van der Waals surface area contributed by atoms with E-state index in [2.05, 4.69) is 4.99 Å². The Labute approximate surface area is 101 Å². The van der Waals surface area contributed by atoms with Gasteiger partial charge in [0.1, 0.15) is 5.69 Å². The second-order valence-corrected chi connectivity index (χ2v) is 3.27. The molecule has 1 aromatic carbocycles. The Bertz CT molecular complexity index is 432. The molecule has 94 valence electrons. The molecule has 0 heterocycles. The number of halogens is 4. The molecule has 0 atom stereocenters.